The summed E-state index contributed by atoms with van der Waals surface area (Å²) in [5, 5.41) is 7.09. The Hall–Kier alpha value is -3.95. The lowest BCUT2D eigenvalue weighted by molar-refractivity contribution is -0.147. The molecule has 3 amide bonds. The van der Waals surface area contributed by atoms with E-state index in [9.17, 15) is 23.6 Å². The van der Waals surface area contributed by atoms with Crippen molar-refractivity contribution in [3.05, 3.63) is 59.9 Å². The molecule has 0 bridgehead atoms. The number of ether oxygens (including phenoxy) is 2. The second-order valence-corrected chi connectivity index (χ2v) is 5.88. The summed E-state index contributed by atoms with van der Waals surface area (Å²) in [7, 11) is 1.42. The van der Waals surface area contributed by atoms with Crippen molar-refractivity contribution in [3.8, 4) is 5.75 Å². The quantitative estimate of drug-likeness (QED) is 0.520. The minimum absolute atomic E-state index is 0.248. The van der Waals surface area contributed by atoms with Crippen LogP contribution < -0.4 is 20.7 Å². The van der Waals surface area contributed by atoms with Gasteiger partial charge >= 0.3 is 5.97 Å². The summed E-state index contributed by atoms with van der Waals surface area (Å²) in [6.07, 6.45) is 0. The van der Waals surface area contributed by atoms with E-state index >= 15 is 0 Å². The van der Waals surface area contributed by atoms with E-state index in [-0.39, 0.29) is 12.1 Å². The minimum Gasteiger partial charge on any atom is -0.496 e. The lowest BCUT2D eigenvalue weighted by atomic mass is 10.2. The smallest absolute Gasteiger partial charge is 0.325 e. The maximum Gasteiger partial charge on any atom is 0.325 e. The first kappa shape index (κ1) is 22.3. The highest BCUT2D eigenvalue weighted by Gasteiger charge is 2.14. The van der Waals surface area contributed by atoms with E-state index in [0.717, 1.165) is 0 Å². The standard InChI is InChI=1S/C20H20FN3O6/c1-29-16-5-3-2-4-15(16)20(28)23-11-19(27)30-12-18(26)22-10-17(25)24-14-8-6-13(21)7-9-14/h2-9H,10-12H2,1H3,(H,22,26)(H,23,28)(H,24,25). The molecule has 2 aromatic carbocycles. The maximum absolute atomic E-state index is 12.8. The molecule has 0 spiro atoms. The van der Waals surface area contributed by atoms with Gasteiger partial charge in [-0.05, 0) is 36.4 Å². The monoisotopic (exact) mass is 417 g/mol. The Bertz CT molecular complexity index is 917. The number of esters is 1. The van der Waals surface area contributed by atoms with Crippen molar-refractivity contribution in [1.82, 2.24) is 10.6 Å². The molecule has 0 atom stereocenters. The van der Waals surface area contributed by atoms with Crippen LogP contribution in [0.15, 0.2) is 48.5 Å². The lowest BCUT2D eigenvalue weighted by Crippen LogP contribution is -2.37. The van der Waals surface area contributed by atoms with Gasteiger partial charge in [0.1, 0.15) is 18.1 Å². The highest BCUT2D eigenvalue weighted by Crippen LogP contribution is 2.16. The lowest BCUT2D eigenvalue weighted by Gasteiger charge is -2.09. The van der Waals surface area contributed by atoms with E-state index in [1.165, 1.54) is 37.4 Å². The number of amides is 3. The van der Waals surface area contributed by atoms with Gasteiger partial charge in [0.25, 0.3) is 11.8 Å². The summed E-state index contributed by atoms with van der Waals surface area (Å²) >= 11 is 0. The second-order valence-electron chi connectivity index (χ2n) is 5.88. The van der Waals surface area contributed by atoms with E-state index in [1.54, 1.807) is 18.2 Å². The van der Waals surface area contributed by atoms with Gasteiger partial charge in [-0.1, -0.05) is 12.1 Å². The Balaban J connectivity index is 1.66. The van der Waals surface area contributed by atoms with Crippen molar-refractivity contribution in [1.29, 1.82) is 0 Å². The molecule has 10 heteroatoms. The topological polar surface area (TPSA) is 123 Å². The van der Waals surface area contributed by atoms with Crippen LogP contribution in [-0.2, 0) is 19.1 Å². The van der Waals surface area contributed by atoms with Crippen molar-refractivity contribution in [2.45, 2.75) is 0 Å². The summed E-state index contributed by atoms with van der Waals surface area (Å²) < 4.78 is 22.6. The van der Waals surface area contributed by atoms with Crippen LogP contribution in [0.5, 0.6) is 5.75 Å². The van der Waals surface area contributed by atoms with Gasteiger partial charge in [-0.3, -0.25) is 19.2 Å². The van der Waals surface area contributed by atoms with E-state index < -0.39 is 42.7 Å². The number of rotatable bonds is 9. The van der Waals surface area contributed by atoms with Crippen molar-refractivity contribution >= 4 is 29.4 Å². The fourth-order valence-electron chi connectivity index (χ4n) is 2.25. The molecule has 2 aromatic rings. The molecule has 0 aliphatic rings. The molecule has 0 radical (unpaired) electrons. The summed E-state index contributed by atoms with van der Waals surface area (Å²) in [5.41, 5.74) is 0.616. The van der Waals surface area contributed by atoms with Crippen molar-refractivity contribution in [2.75, 3.05) is 32.1 Å². The zero-order valence-electron chi connectivity index (χ0n) is 16.1. The van der Waals surface area contributed by atoms with Crippen LogP contribution in [0.3, 0.4) is 0 Å². The van der Waals surface area contributed by atoms with Crippen LogP contribution in [0.25, 0.3) is 0 Å². The summed E-state index contributed by atoms with van der Waals surface area (Å²) in [6, 6.07) is 11.6. The SMILES string of the molecule is COc1ccccc1C(=O)NCC(=O)OCC(=O)NCC(=O)Nc1ccc(F)cc1. The van der Waals surface area contributed by atoms with E-state index in [0.29, 0.717) is 11.4 Å². The molecule has 0 aliphatic carbocycles. The summed E-state index contributed by atoms with van der Waals surface area (Å²) in [6.45, 7) is -1.43. The van der Waals surface area contributed by atoms with Gasteiger partial charge < -0.3 is 25.4 Å². The molecular weight excluding hydrogens is 397 g/mol. The van der Waals surface area contributed by atoms with Gasteiger partial charge in [0.15, 0.2) is 6.61 Å². The van der Waals surface area contributed by atoms with Crippen molar-refractivity contribution in [3.63, 3.8) is 0 Å². The molecule has 0 aromatic heterocycles. The van der Waals surface area contributed by atoms with Crippen LogP contribution >= 0.6 is 0 Å². The van der Waals surface area contributed by atoms with Crippen LogP contribution in [0, 0.1) is 5.82 Å². The fourth-order valence-corrected chi connectivity index (χ4v) is 2.25. The Kier molecular flexibility index (Phi) is 8.30. The van der Waals surface area contributed by atoms with Crippen LogP contribution in [0.1, 0.15) is 10.4 Å². The van der Waals surface area contributed by atoms with Crippen LogP contribution in [-0.4, -0.2) is 50.5 Å². The molecule has 9 nitrogen and oxygen atoms in total. The number of anilines is 1. The Morgan fingerprint density at radius 1 is 0.900 bits per heavy atom. The third-order valence-corrected chi connectivity index (χ3v) is 3.68. The number of benzene rings is 2. The van der Waals surface area contributed by atoms with E-state index in [2.05, 4.69) is 16.0 Å². The first-order valence-corrected chi connectivity index (χ1v) is 8.78. The average molecular weight is 417 g/mol. The molecule has 2 rings (SSSR count). The van der Waals surface area contributed by atoms with Gasteiger partial charge in [-0.25, -0.2) is 4.39 Å². The van der Waals surface area contributed by atoms with Crippen molar-refractivity contribution in [2.24, 2.45) is 0 Å². The number of halogens is 1. The van der Waals surface area contributed by atoms with E-state index in [4.69, 9.17) is 9.47 Å². The molecule has 0 fully saturated rings. The van der Waals surface area contributed by atoms with Crippen LogP contribution in [0.4, 0.5) is 10.1 Å². The molecule has 30 heavy (non-hydrogen) atoms. The van der Waals surface area contributed by atoms with Crippen LogP contribution in [0.2, 0.25) is 0 Å². The summed E-state index contributed by atoms with van der Waals surface area (Å²) in [4.78, 5) is 47.1. The Morgan fingerprint density at radius 3 is 2.30 bits per heavy atom. The Morgan fingerprint density at radius 2 is 1.60 bits per heavy atom. The molecule has 0 saturated carbocycles. The fraction of sp³-hybridized carbons (Fsp3) is 0.200. The molecule has 0 aliphatic heterocycles. The zero-order valence-corrected chi connectivity index (χ0v) is 16.1. The zero-order chi connectivity index (χ0) is 21.9. The molecule has 158 valence electrons. The number of carbonyl (C=O) groups excluding carboxylic acids is 4. The number of nitrogens with one attached hydrogen (secondary N) is 3. The van der Waals surface area contributed by atoms with Gasteiger partial charge in [0.05, 0.1) is 19.2 Å². The predicted octanol–water partition coefficient (Wildman–Crippen LogP) is 0.862. The minimum atomic E-state index is -0.829. The molecule has 0 unspecified atom stereocenters. The van der Waals surface area contributed by atoms with Gasteiger partial charge in [-0.15, -0.1) is 0 Å². The highest BCUT2D eigenvalue weighted by molar-refractivity contribution is 5.98. The van der Waals surface area contributed by atoms with Gasteiger partial charge in [0, 0.05) is 5.69 Å². The highest BCUT2D eigenvalue weighted by atomic mass is 19.1. The number of hydrogen-bond donors (Lipinski definition) is 3. The van der Waals surface area contributed by atoms with Gasteiger partial charge in [0.2, 0.25) is 5.91 Å². The maximum atomic E-state index is 12.8. The molecule has 3 N–H and O–H groups in total. The number of methoxy groups -OCH3 is 1. The van der Waals surface area contributed by atoms with E-state index in [1.807, 2.05) is 0 Å². The Labute approximate surface area is 171 Å². The summed E-state index contributed by atoms with van der Waals surface area (Å²) in [5.74, 6) is -2.70. The molecular formula is C20H20FN3O6. The normalized spacial score (nSPS) is 9.93. The average Bonchev–Trinajstić information content (AvgIpc) is 2.76. The molecule has 0 saturated heterocycles. The second kappa shape index (κ2) is 11.1. The largest absolute Gasteiger partial charge is 0.496 e. The third kappa shape index (κ3) is 7.23. The number of hydrogen-bond acceptors (Lipinski definition) is 6. The predicted molar refractivity (Wildman–Crippen MR) is 104 cm³/mol. The number of carbonyl (C=O) groups is 4. The molecule has 0 heterocycles. The first-order chi connectivity index (χ1) is 14.4. The first-order valence-electron chi connectivity index (χ1n) is 8.78. The number of para-hydroxylation sites is 1. The van der Waals surface area contributed by atoms with Gasteiger partial charge in [-0.2, -0.15) is 0 Å². The van der Waals surface area contributed by atoms with Crippen molar-refractivity contribution < 1.29 is 33.0 Å². The third-order valence-electron chi connectivity index (χ3n) is 3.68.